The van der Waals surface area contributed by atoms with Gasteiger partial charge in [-0.1, -0.05) is 12.1 Å². The lowest BCUT2D eigenvalue weighted by Gasteiger charge is -2.25. The normalized spacial score (nSPS) is 10.8. The zero-order valence-corrected chi connectivity index (χ0v) is 16.7. The first kappa shape index (κ1) is 21.6. The average molecular weight is 422 g/mol. The first-order valence-corrected chi connectivity index (χ1v) is 9.10. The van der Waals surface area contributed by atoms with Crippen molar-refractivity contribution >= 4 is 17.9 Å². The lowest BCUT2D eigenvalue weighted by atomic mass is 10.2. The van der Waals surface area contributed by atoms with Gasteiger partial charge in [0.15, 0.2) is 0 Å². The van der Waals surface area contributed by atoms with Crippen LogP contribution < -0.4 is 4.74 Å². The van der Waals surface area contributed by atoms with Crippen molar-refractivity contribution in [3.8, 4) is 5.75 Å². The van der Waals surface area contributed by atoms with Crippen LogP contribution in [-0.4, -0.2) is 33.7 Å². The van der Waals surface area contributed by atoms with Gasteiger partial charge < -0.3 is 9.47 Å². The number of carbonyl (C=O) groups is 3. The van der Waals surface area contributed by atoms with E-state index in [0.717, 1.165) is 0 Å². The Hall–Kier alpha value is -4.11. The fourth-order valence-corrected chi connectivity index (χ4v) is 2.36. The smallest absolute Gasteiger partial charge is 0.374 e. The molecule has 9 heteroatoms. The Morgan fingerprint density at radius 1 is 0.774 bits per heavy atom. The van der Waals surface area contributed by atoms with E-state index >= 15 is 0 Å². The lowest BCUT2D eigenvalue weighted by Crippen LogP contribution is -2.33. The van der Waals surface area contributed by atoms with Crippen LogP contribution in [0, 0.1) is 0 Å². The van der Waals surface area contributed by atoms with Crippen molar-refractivity contribution in [2.75, 3.05) is 0 Å². The molecule has 0 amide bonds. The maximum atomic E-state index is 12.5. The highest BCUT2D eigenvalue weighted by Crippen LogP contribution is 2.25. The minimum Gasteiger partial charge on any atom is -0.458 e. The van der Waals surface area contributed by atoms with Gasteiger partial charge in [0.05, 0.1) is 11.1 Å². The standard InChI is InChI=1S/C22H18N2O7/c1-22(2,31-30-20(26)16-8-6-12-24-14-16)29-18-10-4-3-9-17(18)21(27)28-19(25)15-7-5-11-23-13-15/h3-14H,1-2H3. The van der Waals surface area contributed by atoms with E-state index in [9.17, 15) is 14.4 Å². The van der Waals surface area contributed by atoms with Gasteiger partial charge in [0, 0.05) is 38.6 Å². The molecule has 0 spiro atoms. The van der Waals surface area contributed by atoms with E-state index in [0.29, 0.717) is 0 Å². The van der Waals surface area contributed by atoms with Gasteiger partial charge in [-0.3, -0.25) is 14.9 Å². The molecule has 0 aliphatic rings. The molecule has 0 N–H and O–H groups in total. The van der Waals surface area contributed by atoms with E-state index in [4.69, 9.17) is 19.2 Å². The molecular formula is C22H18N2O7. The number of carbonyl (C=O) groups excluding carboxylic acids is 3. The van der Waals surface area contributed by atoms with Crippen LogP contribution in [0.5, 0.6) is 5.75 Å². The van der Waals surface area contributed by atoms with Crippen LogP contribution in [0.25, 0.3) is 0 Å². The highest BCUT2D eigenvalue weighted by molar-refractivity contribution is 6.03. The highest BCUT2D eigenvalue weighted by atomic mass is 17.2. The van der Waals surface area contributed by atoms with Crippen molar-refractivity contribution in [1.82, 2.24) is 9.97 Å². The van der Waals surface area contributed by atoms with E-state index in [-0.39, 0.29) is 22.4 Å². The van der Waals surface area contributed by atoms with Crippen LogP contribution in [0.15, 0.2) is 73.3 Å². The third-order valence-electron chi connectivity index (χ3n) is 3.76. The van der Waals surface area contributed by atoms with Gasteiger partial charge in [-0.25, -0.2) is 14.4 Å². The molecule has 158 valence electrons. The molecule has 2 heterocycles. The third-order valence-corrected chi connectivity index (χ3v) is 3.76. The fraction of sp³-hybridized carbons (Fsp3) is 0.136. The number of benzene rings is 1. The molecule has 2 aromatic heterocycles. The molecule has 0 aliphatic heterocycles. The summed E-state index contributed by atoms with van der Waals surface area (Å²) in [5.74, 6) is -3.95. The van der Waals surface area contributed by atoms with Crippen molar-refractivity contribution in [1.29, 1.82) is 0 Å². The topological polar surface area (TPSA) is 114 Å². The van der Waals surface area contributed by atoms with Crippen molar-refractivity contribution in [2.24, 2.45) is 0 Å². The largest absolute Gasteiger partial charge is 0.458 e. The van der Waals surface area contributed by atoms with Gasteiger partial charge in [-0.05, 0) is 36.4 Å². The third kappa shape index (κ3) is 5.94. The summed E-state index contributed by atoms with van der Waals surface area (Å²) in [7, 11) is 0. The zero-order valence-electron chi connectivity index (χ0n) is 16.7. The van der Waals surface area contributed by atoms with Gasteiger partial charge in [0.25, 0.3) is 0 Å². The SMILES string of the molecule is CC(C)(OOC(=O)c1cccnc1)Oc1ccccc1C(=O)OC(=O)c1cccnc1. The predicted molar refractivity (Wildman–Crippen MR) is 106 cm³/mol. The minimum absolute atomic E-state index is 0.0185. The number of esters is 2. The second kappa shape index (κ2) is 9.59. The quantitative estimate of drug-likeness (QED) is 0.186. The van der Waals surface area contributed by atoms with E-state index < -0.39 is 23.7 Å². The van der Waals surface area contributed by atoms with E-state index in [1.807, 2.05) is 0 Å². The molecule has 0 fully saturated rings. The molecule has 0 radical (unpaired) electrons. The number of hydrogen-bond acceptors (Lipinski definition) is 9. The molecule has 0 unspecified atom stereocenters. The minimum atomic E-state index is -1.47. The summed E-state index contributed by atoms with van der Waals surface area (Å²) in [6, 6.07) is 12.2. The second-order valence-corrected chi connectivity index (χ2v) is 6.61. The number of nitrogens with zero attached hydrogens (tertiary/aromatic N) is 2. The Bertz CT molecular complexity index is 1070. The number of aromatic nitrogens is 2. The van der Waals surface area contributed by atoms with E-state index in [1.165, 1.54) is 62.9 Å². The molecule has 9 nitrogen and oxygen atoms in total. The van der Waals surface area contributed by atoms with Crippen LogP contribution in [0.1, 0.15) is 44.9 Å². The second-order valence-electron chi connectivity index (χ2n) is 6.61. The van der Waals surface area contributed by atoms with Crippen LogP contribution in [0.4, 0.5) is 0 Å². The monoisotopic (exact) mass is 422 g/mol. The van der Waals surface area contributed by atoms with E-state index in [2.05, 4.69) is 9.97 Å². The molecular weight excluding hydrogens is 404 g/mol. The van der Waals surface area contributed by atoms with Crippen molar-refractivity contribution in [2.45, 2.75) is 19.6 Å². The van der Waals surface area contributed by atoms with Gasteiger partial charge >= 0.3 is 17.9 Å². The maximum absolute atomic E-state index is 12.5. The van der Waals surface area contributed by atoms with Crippen LogP contribution in [0.2, 0.25) is 0 Å². The molecule has 0 aliphatic carbocycles. The Balaban J connectivity index is 1.67. The molecule has 0 saturated carbocycles. The summed E-state index contributed by atoms with van der Waals surface area (Å²) in [6.45, 7) is 2.96. The number of pyridine rings is 2. The molecule has 1 aromatic carbocycles. The first-order valence-electron chi connectivity index (χ1n) is 9.10. The van der Waals surface area contributed by atoms with E-state index in [1.54, 1.807) is 24.3 Å². The summed E-state index contributed by atoms with van der Waals surface area (Å²) in [6.07, 6.45) is 5.61. The van der Waals surface area contributed by atoms with Gasteiger partial charge in [0.2, 0.25) is 5.79 Å². The summed E-state index contributed by atoms with van der Waals surface area (Å²) >= 11 is 0. The Morgan fingerprint density at radius 2 is 1.39 bits per heavy atom. The van der Waals surface area contributed by atoms with Crippen LogP contribution >= 0.6 is 0 Å². The molecule has 0 atom stereocenters. The highest BCUT2D eigenvalue weighted by Gasteiger charge is 2.28. The number of rotatable bonds is 7. The van der Waals surface area contributed by atoms with Gasteiger partial charge in [0.1, 0.15) is 11.3 Å². The lowest BCUT2D eigenvalue weighted by molar-refractivity contribution is -0.360. The number of hydrogen-bond donors (Lipinski definition) is 0. The Labute approximate surface area is 177 Å². The summed E-state index contributed by atoms with van der Waals surface area (Å²) < 4.78 is 10.6. The van der Waals surface area contributed by atoms with Gasteiger partial charge in [-0.2, -0.15) is 0 Å². The van der Waals surface area contributed by atoms with Crippen molar-refractivity contribution < 1.29 is 33.6 Å². The molecule has 3 rings (SSSR count). The van der Waals surface area contributed by atoms with Crippen molar-refractivity contribution in [3.63, 3.8) is 0 Å². The maximum Gasteiger partial charge on any atom is 0.374 e. The fourth-order valence-electron chi connectivity index (χ4n) is 2.36. The molecule has 0 saturated heterocycles. The molecule has 0 bridgehead atoms. The zero-order chi connectivity index (χ0) is 22.3. The van der Waals surface area contributed by atoms with Crippen molar-refractivity contribution in [3.05, 3.63) is 90.0 Å². The Morgan fingerprint density at radius 3 is 2.00 bits per heavy atom. The first-order chi connectivity index (χ1) is 14.9. The summed E-state index contributed by atoms with van der Waals surface area (Å²) in [5, 5.41) is 0. The summed E-state index contributed by atoms with van der Waals surface area (Å²) in [4.78, 5) is 54.2. The predicted octanol–water partition coefficient (Wildman–Crippen LogP) is 3.38. The molecule has 3 aromatic rings. The number of ether oxygens (including phenoxy) is 2. The van der Waals surface area contributed by atoms with Crippen LogP contribution in [0.3, 0.4) is 0 Å². The summed E-state index contributed by atoms with van der Waals surface area (Å²) in [5.41, 5.74) is 0.298. The Kier molecular flexibility index (Phi) is 6.68. The van der Waals surface area contributed by atoms with Crippen LogP contribution in [-0.2, 0) is 14.5 Å². The van der Waals surface area contributed by atoms with Gasteiger partial charge in [-0.15, -0.1) is 4.89 Å². The average Bonchev–Trinajstić information content (AvgIpc) is 2.78. The number of para-hydroxylation sites is 1. The molecule has 31 heavy (non-hydrogen) atoms.